The maximum atomic E-state index is 2.31. The molecule has 0 N–H and O–H groups in total. The van der Waals surface area contributed by atoms with Gasteiger partial charge < -0.3 is 0 Å². The molecular weight excluding hydrogens is 242 g/mol. The third-order valence-corrected chi connectivity index (χ3v) is 5.33. The molecular formula is C15H36P2. The van der Waals surface area contributed by atoms with Crippen LogP contribution in [-0.4, -0.2) is 38.5 Å². The quantitative estimate of drug-likeness (QED) is 0.439. The highest BCUT2D eigenvalue weighted by Crippen LogP contribution is 2.38. The molecule has 0 aromatic carbocycles. The van der Waals surface area contributed by atoms with E-state index in [1.165, 1.54) is 38.5 Å². The lowest BCUT2D eigenvalue weighted by Gasteiger charge is -2.16. The van der Waals surface area contributed by atoms with Gasteiger partial charge >= 0.3 is 0 Å². The Bertz CT molecular complexity index is 102. The molecule has 0 amide bonds. The molecule has 0 aliphatic rings. The molecule has 0 saturated carbocycles. The number of unbranched alkanes of at least 4 members (excludes halogenated alkanes) is 3. The third-order valence-electron chi connectivity index (χ3n) is 2.48. The SMILES string of the molecule is CCCCP(CCCC)CCCC.CP(C)C. The fourth-order valence-electron chi connectivity index (χ4n) is 1.48. The van der Waals surface area contributed by atoms with E-state index in [0.717, 1.165) is 0 Å². The predicted molar refractivity (Wildman–Crippen MR) is 90.9 cm³/mol. The maximum Gasteiger partial charge on any atom is -0.0326 e. The molecule has 0 aromatic heterocycles. The second-order valence-electron chi connectivity index (χ2n) is 5.24. The van der Waals surface area contributed by atoms with Crippen LogP contribution in [-0.2, 0) is 0 Å². The van der Waals surface area contributed by atoms with Crippen molar-refractivity contribution in [3.63, 3.8) is 0 Å². The van der Waals surface area contributed by atoms with E-state index < -0.39 is 0 Å². The van der Waals surface area contributed by atoms with Crippen molar-refractivity contribution < 1.29 is 0 Å². The van der Waals surface area contributed by atoms with Crippen LogP contribution in [0.1, 0.15) is 59.3 Å². The first-order valence-corrected chi connectivity index (χ1v) is 12.0. The Hall–Kier alpha value is 0.860. The highest BCUT2D eigenvalue weighted by atomic mass is 31.1. The van der Waals surface area contributed by atoms with Crippen LogP contribution in [0.15, 0.2) is 0 Å². The van der Waals surface area contributed by atoms with Crippen LogP contribution in [0.5, 0.6) is 0 Å². The number of hydrogen-bond donors (Lipinski definition) is 0. The van der Waals surface area contributed by atoms with Crippen molar-refractivity contribution in [2.45, 2.75) is 59.3 Å². The Morgan fingerprint density at radius 3 is 1.00 bits per heavy atom. The Balaban J connectivity index is 0. The van der Waals surface area contributed by atoms with Crippen molar-refractivity contribution in [2.24, 2.45) is 0 Å². The van der Waals surface area contributed by atoms with Gasteiger partial charge in [-0.25, -0.2) is 0 Å². The molecule has 0 unspecified atom stereocenters. The zero-order valence-electron chi connectivity index (χ0n) is 13.3. The second-order valence-corrected chi connectivity index (χ2v) is 10.6. The molecule has 106 valence electrons. The Labute approximate surface area is 114 Å². The zero-order valence-corrected chi connectivity index (χ0v) is 15.0. The van der Waals surface area contributed by atoms with Gasteiger partial charge in [0.2, 0.25) is 0 Å². The van der Waals surface area contributed by atoms with Crippen LogP contribution < -0.4 is 0 Å². The summed E-state index contributed by atoms with van der Waals surface area (Å²) in [4.78, 5) is 0. The second kappa shape index (κ2) is 16.9. The summed E-state index contributed by atoms with van der Waals surface area (Å²) in [7, 11) is 0.801. The molecule has 0 fully saturated rings. The molecule has 0 rings (SSSR count). The molecule has 0 spiro atoms. The fraction of sp³-hybridized carbons (Fsp3) is 1.00. The standard InChI is InChI=1S/C12H27P.C3H9P/c1-4-7-10-13(11-8-5-2)12-9-6-3;1-4(2)3/h4-12H2,1-3H3;1-3H3. The lowest BCUT2D eigenvalue weighted by atomic mass is 10.4. The Morgan fingerprint density at radius 2 is 0.824 bits per heavy atom. The van der Waals surface area contributed by atoms with E-state index in [2.05, 4.69) is 40.8 Å². The summed E-state index contributed by atoms with van der Waals surface area (Å²) < 4.78 is 0. The largest absolute Gasteiger partial charge is 0.116 e. The normalized spacial score (nSPS) is 10.6. The van der Waals surface area contributed by atoms with Gasteiger partial charge in [-0.2, -0.15) is 0 Å². The maximum absolute atomic E-state index is 2.31. The average Bonchev–Trinajstić information content (AvgIpc) is 2.27. The van der Waals surface area contributed by atoms with Crippen molar-refractivity contribution in [1.82, 2.24) is 0 Å². The van der Waals surface area contributed by atoms with Crippen molar-refractivity contribution in [1.29, 1.82) is 0 Å². The van der Waals surface area contributed by atoms with Crippen LogP contribution in [0.3, 0.4) is 0 Å². The molecule has 0 radical (unpaired) electrons. The summed E-state index contributed by atoms with van der Waals surface area (Å²) >= 11 is 0. The van der Waals surface area contributed by atoms with Crippen molar-refractivity contribution >= 4 is 15.8 Å². The summed E-state index contributed by atoms with van der Waals surface area (Å²) in [5.74, 6) is 0. The lowest BCUT2D eigenvalue weighted by molar-refractivity contribution is 0.847. The molecule has 0 aromatic rings. The van der Waals surface area contributed by atoms with Crippen LogP contribution in [0.25, 0.3) is 0 Å². The Morgan fingerprint density at radius 1 is 0.588 bits per heavy atom. The van der Waals surface area contributed by atoms with E-state index in [-0.39, 0.29) is 0 Å². The topological polar surface area (TPSA) is 0 Å². The molecule has 0 heterocycles. The molecule has 0 aliphatic carbocycles. The van der Waals surface area contributed by atoms with E-state index in [1.807, 2.05) is 0 Å². The molecule has 17 heavy (non-hydrogen) atoms. The minimum absolute atomic E-state index is 0.380. The average molecular weight is 278 g/mol. The van der Waals surface area contributed by atoms with Gasteiger partial charge in [-0.3, -0.25) is 0 Å². The minimum atomic E-state index is 0.380. The minimum Gasteiger partial charge on any atom is -0.116 e. The summed E-state index contributed by atoms with van der Waals surface area (Å²) in [6, 6.07) is 0. The molecule has 0 bridgehead atoms. The smallest absolute Gasteiger partial charge is 0.0326 e. The monoisotopic (exact) mass is 278 g/mol. The van der Waals surface area contributed by atoms with E-state index in [4.69, 9.17) is 0 Å². The zero-order chi connectivity index (χ0) is 13.5. The summed E-state index contributed by atoms with van der Waals surface area (Å²) in [6.07, 6.45) is 13.2. The van der Waals surface area contributed by atoms with Gasteiger partial charge in [0, 0.05) is 0 Å². The van der Waals surface area contributed by atoms with Crippen LogP contribution in [0.2, 0.25) is 0 Å². The van der Waals surface area contributed by atoms with Crippen LogP contribution in [0.4, 0.5) is 0 Å². The Kier molecular flexibility index (Phi) is 20.0. The number of hydrogen-bond acceptors (Lipinski definition) is 0. The van der Waals surface area contributed by atoms with Gasteiger partial charge in [0.05, 0.1) is 0 Å². The number of rotatable bonds is 9. The predicted octanol–water partition coefficient (Wildman–Crippen LogP) is 6.23. The third kappa shape index (κ3) is 22.5. The van der Waals surface area contributed by atoms with E-state index >= 15 is 0 Å². The lowest BCUT2D eigenvalue weighted by Crippen LogP contribution is -1.95. The molecule has 2 heteroatoms. The van der Waals surface area contributed by atoms with Crippen LogP contribution in [0, 0.1) is 0 Å². The first-order valence-electron chi connectivity index (χ1n) is 7.41. The van der Waals surface area contributed by atoms with E-state index in [9.17, 15) is 0 Å². The van der Waals surface area contributed by atoms with Gasteiger partial charge in [0.15, 0.2) is 0 Å². The summed E-state index contributed by atoms with van der Waals surface area (Å²) in [5.41, 5.74) is 0. The molecule has 0 saturated heterocycles. The van der Waals surface area contributed by atoms with Crippen LogP contribution >= 0.6 is 15.8 Å². The van der Waals surface area contributed by atoms with Gasteiger partial charge in [-0.15, -0.1) is 15.8 Å². The van der Waals surface area contributed by atoms with Gasteiger partial charge in [0.1, 0.15) is 0 Å². The summed E-state index contributed by atoms with van der Waals surface area (Å²) in [5, 5.41) is 0. The van der Waals surface area contributed by atoms with Gasteiger partial charge in [-0.05, 0) is 57.7 Å². The highest BCUT2D eigenvalue weighted by Gasteiger charge is 2.05. The summed E-state index contributed by atoms with van der Waals surface area (Å²) in [6.45, 7) is 13.6. The van der Waals surface area contributed by atoms with Crippen molar-refractivity contribution in [3.8, 4) is 0 Å². The molecule has 0 aliphatic heterocycles. The van der Waals surface area contributed by atoms with E-state index in [1.54, 1.807) is 18.5 Å². The van der Waals surface area contributed by atoms with Gasteiger partial charge in [0.25, 0.3) is 0 Å². The van der Waals surface area contributed by atoms with Gasteiger partial charge in [-0.1, -0.05) is 40.0 Å². The molecule has 0 atom stereocenters. The first-order chi connectivity index (χ1) is 8.08. The fourth-order valence-corrected chi connectivity index (χ4v) is 4.44. The first kappa shape index (κ1) is 20.2. The highest BCUT2D eigenvalue weighted by molar-refractivity contribution is 7.57. The van der Waals surface area contributed by atoms with Crippen molar-refractivity contribution in [3.05, 3.63) is 0 Å². The van der Waals surface area contributed by atoms with E-state index in [0.29, 0.717) is 15.8 Å². The molecule has 0 nitrogen and oxygen atoms in total. The van der Waals surface area contributed by atoms with Crippen molar-refractivity contribution in [2.75, 3.05) is 38.5 Å².